The van der Waals surface area contributed by atoms with E-state index in [4.69, 9.17) is 4.74 Å². The Bertz CT molecular complexity index is 260. The number of hydrogen-bond donors (Lipinski definition) is 0. The van der Waals surface area contributed by atoms with E-state index in [9.17, 15) is 4.39 Å². The molecule has 13 heavy (non-hydrogen) atoms. The average Bonchev–Trinajstić information content (AvgIpc) is 2.09. The van der Waals surface area contributed by atoms with E-state index in [1.54, 1.807) is 12.1 Å². The quantitative estimate of drug-likeness (QED) is 0.693. The molecule has 0 saturated carbocycles. The van der Waals surface area contributed by atoms with Gasteiger partial charge in [-0.15, -0.1) is 0 Å². The maximum Gasteiger partial charge on any atom is 0.126 e. The fourth-order valence-corrected chi connectivity index (χ4v) is 1.20. The van der Waals surface area contributed by atoms with Crippen LogP contribution in [0.5, 0.6) is 0 Å². The van der Waals surface area contributed by atoms with Crippen LogP contribution < -0.4 is 0 Å². The molecule has 0 amide bonds. The Morgan fingerprint density at radius 1 is 1.46 bits per heavy atom. The molecule has 1 nitrogen and oxygen atoms in total. The minimum atomic E-state index is -0.184. The molecular formula is C11H14FO. The highest BCUT2D eigenvalue weighted by Gasteiger charge is 2.06. The zero-order valence-electron chi connectivity index (χ0n) is 7.79. The van der Waals surface area contributed by atoms with Crippen molar-refractivity contribution < 1.29 is 9.13 Å². The van der Waals surface area contributed by atoms with Crippen molar-refractivity contribution in [3.8, 4) is 0 Å². The molecule has 71 valence electrons. The van der Waals surface area contributed by atoms with E-state index >= 15 is 0 Å². The molecule has 0 aliphatic carbocycles. The summed E-state index contributed by atoms with van der Waals surface area (Å²) in [7, 11) is 0. The zero-order valence-corrected chi connectivity index (χ0v) is 7.79. The SMILES string of the molecule is [CH2]C(Cc1ccccc1F)OCC. The van der Waals surface area contributed by atoms with Crippen LogP contribution in [0.1, 0.15) is 12.5 Å². The highest BCUT2D eigenvalue weighted by molar-refractivity contribution is 5.18. The van der Waals surface area contributed by atoms with Gasteiger partial charge < -0.3 is 4.74 Å². The van der Waals surface area contributed by atoms with Gasteiger partial charge in [0.1, 0.15) is 5.82 Å². The third-order valence-electron chi connectivity index (χ3n) is 1.81. The number of halogens is 1. The molecule has 0 N–H and O–H groups in total. The van der Waals surface area contributed by atoms with Crippen LogP contribution in [0.3, 0.4) is 0 Å². The summed E-state index contributed by atoms with van der Waals surface area (Å²) in [6, 6.07) is 6.70. The second-order valence-corrected chi connectivity index (χ2v) is 2.87. The Kier molecular flexibility index (Phi) is 3.90. The highest BCUT2D eigenvalue weighted by atomic mass is 19.1. The van der Waals surface area contributed by atoms with Gasteiger partial charge in [0.25, 0.3) is 0 Å². The lowest BCUT2D eigenvalue weighted by Gasteiger charge is -2.11. The first-order valence-electron chi connectivity index (χ1n) is 4.42. The third kappa shape index (κ3) is 3.15. The van der Waals surface area contributed by atoms with Crippen molar-refractivity contribution >= 4 is 0 Å². The Balaban J connectivity index is 2.58. The predicted molar refractivity (Wildman–Crippen MR) is 50.9 cm³/mol. The Labute approximate surface area is 78.5 Å². The van der Waals surface area contributed by atoms with Gasteiger partial charge in [0.05, 0.1) is 6.10 Å². The molecule has 2 heteroatoms. The van der Waals surface area contributed by atoms with Gasteiger partial charge in [0, 0.05) is 13.0 Å². The summed E-state index contributed by atoms with van der Waals surface area (Å²) in [5.41, 5.74) is 0.663. The average molecular weight is 181 g/mol. The van der Waals surface area contributed by atoms with Crippen LogP contribution in [0.4, 0.5) is 4.39 Å². The molecule has 1 aromatic rings. The van der Waals surface area contributed by atoms with Crippen molar-refractivity contribution in [1.29, 1.82) is 0 Å². The summed E-state index contributed by atoms with van der Waals surface area (Å²) >= 11 is 0. The van der Waals surface area contributed by atoms with Crippen LogP contribution in [0.2, 0.25) is 0 Å². The van der Waals surface area contributed by atoms with E-state index < -0.39 is 0 Å². The Morgan fingerprint density at radius 3 is 2.77 bits per heavy atom. The molecule has 0 fully saturated rings. The standard InChI is InChI=1S/C11H14FO/c1-3-13-9(2)8-10-6-4-5-7-11(10)12/h4-7,9H,2-3,8H2,1H3. The van der Waals surface area contributed by atoms with Crippen molar-refractivity contribution in [3.63, 3.8) is 0 Å². The van der Waals surface area contributed by atoms with E-state index in [1.807, 2.05) is 13.0 Å². The summed E-state index contributed by atoms with van der Waals surface area (Å²) in [5, 5.41) is 0. The third-order valence-corrected chi connectivity index (χ3v) is 1.81. The molecule has 1 aromatic carbocycles. The van der Waals surface area contributed by atoms with Crippen molar-refractivity contribution in [2.24, 2.45) is 0 Å². The van der Waals surface area contributed by atoms with Gasteiger partial charge >= 0.3 is 0 Å². The van der Waals surface area contributed by atoms with Crippen LogP contribution in [-0.2, 0) is 11.2 Å². The van der Waals surface area contributed by atoms with Crippen molar-refractivity contribution in [2.75, 3.05) is 6.61 Å². The van der Waals surface area contributed by atoms with Gasteiger partial charge in [-0.1, -0.05) is 18.2 Å². The first kappa shape index (κ1) is 10.2. The smallest absolute Gasteiger partial charge is 0.126 e. The van der Waals surface area contributed by atoms with Crippen LogP contribution in [0, 0.1) is 12.7 Å². The molecule has 0 aliphatic heterocycles. The predicted octanol–water partition coefficient (Wildman–Crippen LogP) is 2.61. The Morgan fingerprint density at radius 2 is 2.15 bits per heavy atom. The van der Waals surface area contributed by atoms with E-state index in [1.165, 1.54) is 6.07 Å². The largest absolute Gasteiger partial charge is 0.378 e. The highest BCUT2D eigenvalue weighted by Crippen LogP contribution is 2.10. The first-order chi connectivity index (χ1) is 6.24. The van der Waals surface area contributed by atoms with Gasteiger partial charge in [-0.3, -0.25) is 0 Å². The van der Waals surface area contributed by atoms with E-state index in [-0.39, 0.29) is 11.9 Å². The molecule has 0 spiro atoms. The van der Waals surface area contributed by atoms with E-state index in [0.29, 0.717) is 18.6 Å². The second kappa shape index (κ2) is 4.97. The van der Waals surface area contributed by atoms with Crippen molar-refractivity contribution in [3.05, 3.63) is 42.6 Å². The molecule has 0 heterocycles. The molecule has 0 aliphatic rings. The summed E-state index contributed by atoms with van der Waals surface area (Å²) in [4.78, 5) is 0. The van der Waals surface area contributed by atoms with Gasteiger partial charge in [-0.25, -0.2) is 4.39 Å². The lowest BCUT2D eigenvalue weighted by atomic mass is 10.1. The topological polar surface area (TPSA) is 9.23 Å². The first-order valence-corrected chi connectivity index (χ1v) is 4.42. The molecule has 1 unspecified atom stereocenters. The summed E-state index contributed by atoms with van der Waals surface area (Å²) in [5.74, 6) is -0.184. The second-order valence-electron chi connectivity index (χ2n) is 2.87. The number of ether oxygens (including phenoxy) is 1. The number of benzene rings is 1. The summed E-state index contributed by atoms with van der Waals surface area (Å²) < 4.78 is 18.3. The van der Waals surface area contributed by atoms with Crippen LogP contribution >= 0.6 is 0 Å². The number of rotatable bonds is 4. The van der Waals surface area contributed by atoms with E-state index in [2.05, 4.69) is 6.92 Å². The minimum Gasteiger partial charge on any atom is -0.378 e. The van der Waals surface area contributed by atoms with Crippen molar-refractivity contribution in [2.45, 2.75) is 19.4 Å². The fourth-order valence-electron chi connectivity index (χ4n) is 1.20. The normalized spacial score (nSPS) is 12.8. The van der Waals surface area contributed by atoms with Gasteiger partial charge in [0.15, 0.2) is 0 Å². The van der Waals surface area contributed by atoms with Crippen LogP contribution in [0.25, 0.3) is 0 Å². The molecule has 0 bridgehead atoms. The monoisotopic (exact) mass is 181 g/mol. The lowest BCUT2D eigenvalue weighted by molar-refractivity contribution is 0.0942. The van der Waals surface area contributed by atoms with Crippen LogP contribution in [0.15, 0.2) is 24.3 Å². The maximum absolute atomic E-state index is 13.1. The zero-order chi connectivity index (χ0) is 9.68. The lowest BCUT2D eigenvalue weighted by Crippen LogP contribution is -2.12. The van der Waals surface area contributed by atoms with Gasteiger partial charge in [0.2, 0.25) is 0 Å². The maximum atomic E-state index is 13.1. The van der Waals surface area contributed by atoms with Crippen LogP contribution in [-0.4, -0.2) is 12.7 Å². The molecular weight excluding hydrogens is 167 g/mol. The van der Waals surface area contributed by atoms with Gasteiger partial charge in [-0.2, -0.15) is 0 Å². The van der Waals surface area contributed by atoms with Gasteiger partial charge in [-0.05, 0) is 25.5 Å². The fraction of sp³-hybridized carbons (Fsp3) is 0.364. The molecule has 1 atom stereocenters. The number of hydrogen-bond acceptors (Lipinski definition) is 1. The summed E-state index contributed by atoms with van der Waals surface area (Å²) in [6.07, 6.45) is 0.363. The molecule has 1 rings (SSSR count). The molecule has 0 saturated heterocycles. The molecule has 1 radical (unpaired) electrons. The molecule has 0 aromatic heterocycles. The van der Waals surface area contributed by atoms with Crippen molar-refractivity contribution in [1.82, 2.24) is 0 Å². The minimum absolute atomic E-state index is 0.165. The van der Waals surface area contributed by atoms with E-state index in [0.717, 1.165) is 0 Å². The Hall–Kier alpha value is -0.890. The summed E-state index contributed by atoms with van der Waals surface area (Å²) in [6.45, 7) is 6.29.